The summed E-state index contributed by atoms with van der Waals surface area (Å²) < 4.78 is 0. The number of carbonyl (C=O) groups is 2. The van der Waals surface area contributed by atoms with Crippen molar-refractivity contribution in [2.45, 2.75) is 19.8 Å². The van der Waals surface area contributed by atoms with Gasteiger partial charge in [-0.05, 0) is 30.2 Å². The zero-order valence-corrected chi connectivity index (χ0v) is 13.4. The van der Waals surface area contributed by atoms with Gasteiger partial charge in [0, 0.05) is 24.8 Å². The van der Waals surface area contributed by atoms with E-state index >= 15 is 0 Å². The first-order chi connectivity index (χ1) is 11.6. The number of para-hydroxylation sites is 1. The molecule has 2 amide bonds. The summed E-state index contributed by atoms with van der Waals surface area (Å²) in [5, 5.41) is 12.3. The topological polar surface area (TPSA) is 82.5 Å². The van der Waals surface area contributed by atoms with E-state index in [4.69, 9.17) is 0 Å². The Labute approximate surface area is 140 Å². The number of pyridine rings is 1. The van der Waals surface area contributed by atoms with Crippen LogP contribution in [0.25, 0.3) is 0 Å². The normalized spacial score (nSPS) is 17.1. The lowest BCUT2D eigenvalue weighted by atomic mass is 10.1. The van der Waals surface area contributed by atoms with Crippen molar-refractivity contribution >= 4 is 23.3 Å². The summed E-state index contributed by atoms with van der Waals surface area (Å²) in [6, 6.07) is 10.8. The predicted molar refractivity (Wildman–Crippen MR) is 90.8 cm³/mol. The van der Waals surface area contributed by atoms with E-state index in [0.717, 1.165) is 17.7 Å². The third kappa shape index (κ3) is 3.08. The lowest BCUT2D eigenvalue weighted by molar-refractivity contribution is -0.122. The van der Waals surface area contributed by atoms with Gasteiger partial charge in [-0.25, -0.2) is 4.98 Å². The predicted octanol–water partition coefficient (Wildman–Crippen LogP) is 2.34. The SMILES string of the molecule is CCc1ccccc1N1C[C@@H](C(=O)Nc2ncccc2O)CC1=O. The standard InChI is InChI=1S/C18H19N3O3/c1-2-12-6-3-4-7-14(12)21-11-13(10-16(21)23)18(24)20-17-15(22)8-5-9-19-17/h3-9,13,22H,2,10-11H2,1H3,(H,19,20,24)/t13-/m0/s1. The highest BCUT2D eigenvalue weighted by atomic mass is 16.3. The van der Waals surface area contributed by atoms with Crippen LogP contribution >= 0.6 is 0 Å². The molecule has 1 aliphatic rings. The van der Waals surface area contributed by atoms with Crippen LogP contribution in [0.5, 0.6) is 5.75 Å². The van der Waals surface area contributed by atoms with E-state index < -0.39 is 5.92 Å². The number of hydrogen-bond donors (Lipinski definition) is 2. The molecule has 3 rings (SSSR count). The maximum Gasteiger partial charge on any atom is 0.231 e. The molecule has 24 heavy (non-hydrogen) atoms. The first kappa shape index (κ1) is 16.0. The second kappa shape index (κ2) is 6.70. The second-order valence-corrected chi connectivity index (χ2v) is 5.75. The molecular weight excluding hydrogens is 306 g/mol. The number of anilines is 2. The summed E-state index contributed by atoms with van der Waals surface area (Å²) in [7, 11) is 0. The Hall–Kier alpha value is -2.89. The minimum Gasteiger partial charge on any atom is -0.504 e. The van der Waals surface area contributed by atoms with Gasteiger partial charge in [0.05, 0.1) is 5.92 Å². The fourth-order valence-electron chi connectivity index (χ4n) is 2.90. The van der Waals surface area contributed by atoms with Crippen LogP contribution in [0.15, 0.2) is 42.6 Å². The van der Waals surface area contributed by atoms with Crippen LogP contribution in [0, 0.1) is 5.92 Å². The van der Waals surface area contributed by atoms with Gasteiger partial charge in [-0.15, -0.1) is 0 Å². The molecule has 2 heterocycles. The fraction of sp³-hybridized carbons (Fsp3) is 0.278. The maximum absolute atomic E-state index is 12.4. The molecule has 1 fully saturated rings. The minimum atomic E-state index is -0.469. The van der Waals surface area contributed by atoms with Crippen LogP contribution in [0.4, 0.5) is 11.5 Å². The summed E-state index contributed by atoms with van der Waals surface area (Å²) >= 11 is 0. The molecule has 1 aromatic carbocycles. The van der Waals surface area contributed by atoms with Crippen molar-refractivity contribution < 1.29 is 14.7 Å². The number of nitrogens with one attached hydrogen (secondary N) is 1. The van der Waals surface area contributed by atoms with Crippen LogP contribution in [0.2, 0.25) is 0 Å². The Morgan fingerprint density at radius 3 is 2.88 bits per heavy atom. The Balaban J connectivity index is 1.75. The number of aromatic nitrogens is 1. The zero-order chi connectivity index (χ0) is 17.1. The van der Waals surface area contributed by atoms with Crippen molar-refractivity contribution in [2.75, 3.05) is 16.8 Å². The van der Waals surface area contributed by atoms with E-state index in [1.165, 1.54) is 12.3 Å². The van der Waals surface area contributed by atoms with Gasteiger partial charge >= 0.3 is 0 Å². The second-order valence-electron chi connectivity index (χ2n) is 5.75. The van der Waals surface area contributed by atoms with E-state index in [1.807, 2.05) is 31.2 Å². The number of amides is 2. The third-order valence-electron chi connectivity index (χ3n) is 4.19. The number of hydrogen-bond acceptors (Lipinski definition) is 4. The summed E-state index contributed by atoms with van der Waals surface area (Å²) in [5.74, 6) is -0.829. The molecule has 0 aliphatic carbocycles. The van der Waals surface area contributed by atoms with Crippen LogP contribution in [-0.2, 0) is 16.0 Å². The lowest BCUT2D eigenvalue weighted by Gasteiger charge is -2.19. The largest absolute Gasteiger partial charge is 0.504 e. The number of benzene rings is 1. The molecule has 0 spiro atoms. The molecule has 1 aromatic heterocycles. The van der Waals surface area contributed by atoms with E-state index in [2.05, 4.69) is 10.3 Å². The summed E-state index contributed by atoms with van der Waals surface area (Å²) in [6.45, 7) is 2.36. The van der Waals surface area contributed by atoms with Crippen molar-refractivity contribution in [3.63, 3.8) is 0 Å². The van der Waals surface area contributed by atoms with Gasteiger partial charge in [-0.2, -0.15) is 0 Å². The molecule has 2 aromatic rings. The number of rotatable bonds is 4. The van der Waals surface area contributed by atoms with Crippen LogP contribution in [-0.4, -0.2) is 28.4 Å². The average molecular weight is 325 g/mol. The fourth-order valence-corrected chi connectivity index (χ4v) is 2.90. The number of aryl methyl sites for hydroxylation is 1. The first-order valence-corrected chi connectivity index (χ1v) is 7.93. The lowest BCUT2D eigenvalue weighted by Crippen LogP contribution is -2.29. The van der Waals surface area contributed by atoms with Gasteiger partial charge in [-0.3, -0.25) is 9.59 Å². The molecule has 124 valence electrons. The molecule has 6 heteroatoms. The highest BCUT2D eigenvalue weighted by Gasteiger charge is 2.36. The molecule has 2 N–H and O–H groups in total. The van der Waals surface area contributed by atoms with Crippen molar-refractivity contribution in [3.05, 3.63) is 48.2 Å². The van der Waals surface area contributed by atoms with Gasteiger partial charge in [0.25, 0.3) is 0 Å². The monoisotopic (exact) mass is 325 g/mol. The summed E-state index contributed by atoms with van der Waals surface area (Å²) in [4.78, 5) is 30.4. The number of carbonyl (C=O) groups excluding carboxylic acids is 2. The smallest absolute Gasteiger partial charge is 0.231 e. The Morgan fingerprint density at radius 2 is 2.12 bits per heavy atom. The molecule has 0 radical (unpaired) electrons. The molecule has 1 saturated heterocycles. The summed E-state index contributed by atoms with van der Waals surface area (Å²) in [5.41, 5.74) is 1.94. The van der Waals surface area contributed by atoms with Crippen LogP contribution < -0.4 is 10.2 Å². The summed E-state index contributed by atoms with van der Waals surface area (Å²) in [6.07, 6.45) is 2.45. The Morgan fingerprint density at radius 1 is 1.33 bits per heavy atom. The molecule has 1 aliphatic heterocycles. The first-order valence-electron chi connectivity index (χ1n) is 7.93. The van der Waals surface area contributed by atoms with Crippen molar-refractivity contribution in [3.8, 4) is 5.75 Å². The van der Waals surface area contributed by atoms with Crippen LogP contribution in [0.1, 0.15) is 18.9 Å². The van der Waals surface area contributed by atoms with Gasteiger partial charge in [0.1, 0.15) is 0 Å². The van der Waals surface area contributed by atoms with Crippen molar-refractivity contribution in [1.29, 1.82) is 0 Å². The van der Waals surface area contributed by atoms with E-state index in [-0.39, 0.29) is 29.8 Å². The molecule has 0 bridgehead atoms. The van der Waals surface area contributed by atoms with Gasteiger partial charge < -0.3 is 15.3 Å². The maximum atomic E-state index is 12.4. The van der Waals surface area contributed by atoms with Gasteiger partial charge in [0.2, 0.25) is 11.8 Å². The van der Waals surface area contributed by atoms with Crippen molar-refractivity contribution in [1.82, 2.24) is 4.98 Å². The van der Waals surface area contributed by atoms with E-state index in [9.17, 15) is 14.7 Å². The van der Waals surface area contributed by atoms with Crippen molar-refractivity contribution in [2.24, 2.45) is 5.92 Å². The Kier molecular flexibility index (Phi) is 4.46. The quantitative estimate of drug-likeness (QED) is 0.904. The van der Waals surface area contributed by atoms with Gasteiger partial charge in [0.15, 0.2) is 11.6 Å². The number of aromatic hydroxyl groups is 1. The van der Waals surface area contributed by atoms with E-state index in [1.54, 1.807) is 11.0 Å². The highest BCUT2D eigenvalue weighted by molar-refractivity contribution is 6.03. The van der Waals surface area contributed by atoms with E-state index in [0.29, 0.717) is 6.54 Å². The average Bonchev–Trinajstić information content (AvgIpc) is 2.98. The third-order valence-corrected chi connectivity index (χ3v) is 4.19. The molecule has 6 nitrogen and oxygen atoms in total. The molecule has 0 unspecified atom stereocenters. The van der Waals surface area contributed by atoms with Gasteiger partial charge in [-0.1, -0.05) is 25.1 Å². The highest BCUT2D eigenvalue weighted by Crippen LogP contribution is 2.29. The molecular formula is C18H19N3O3. The van der Waals surface area contributed by atoms with Crippen LogP contribution in [0.3, 0.4) is 0 Å². The molecule has 0 saturated carbocycles. The Bertz CT molecular complexity index is 776. The number of nitrogens with zero attached hydrogens (tertiary/aromatic N) is 2. The minimum absolute atomic E-state index is 0.0682. The zero-order valence-electron chi connectivity index (χ0n) is 13.4. The molecule has 1 atom stereocenters.